The fraction of sp³-hybridized carbons (Fsp3) is 0.200. The maximum absolute atomic E-state index is 11.5. The first-order valence-corrected chi connectivity index (χ1v) is 5.15. The minimum Gasteiger partial charge on any atom is -0.447 e. The number of rotatable bonds is 1. The Morgan fingerprint density at radius 3 is 2.93 bits per heavy atom. The van der Waals surface area contributed by atoms with Crippen molar-refractivity contribution in [1.29, 1.82) is 0 Å². The Bertz CT molecular complexity index is 444. The Labute approximate surface area is 94.7 Å². The van der Waals surface area contributed by atoms with E-state index in [1.165, 1.54) is 6.92 Å². The summed E-state index contributed by atoms with van der Waals surface area (Å²) in [6, 6.07) is 5.33. The van der Waals surface area contributed by atoms with Gasteiger partial charge in [0.2, 0.25) is 6.10 Å². The monoisotopic (exact) mass is 269 g/mol. The van der Waals surface area contributed by atoms with Crippen molar-refractivity contribution in [3.8, 4) is 0 Å². The molecule has 0 aliphatic carbocycles. The third-order valence-corrected chi connectivity index (χ3v) is 2.57. The highest BCUT2D eigenvalue weighted by molar-refractivity contribution is 9.10. The number of anilines is 1. The lowest BCUT2D eigenvalue weighted by Gasteiger charge is -2.08. The van der Waals surface area contributed by atoms with Crippen LogP contribution in [0.5, 0.6) is 0 Å². The molecule has 1 N–H and O–H groups in total. The van der Waals surface area contributed by atoms with Crippen LogP contribution in [0.4, 0.5) is 5.69 Å². The van der Waals surface area contributed by atoms with E-state index in [1.807, 2.05) is 0 Å². The zero-order valence-electron chi connectivity index (χ0n) is 7.91. The molecule has 1 aliphatic rings. The molecule has 0 saturated carbocycles. The molecule has 1 aromatic rings. The van der Waals surface area contributed by atoms with Crippen molar-refractivity contribution < 1.29 is 14.3 Å². The molecule has 0 fully saturated rings. The first kappa shape index (κ1) is 10.2. The average Bonchev–Trinajstić information content (AvgIpc) is 2.41. The van der Waals surface area contributed by atoms with Gasteiger partial charge >= 0.3 is 5.97 Å². The Balaban J connectivity index is 2.37. The summed E-state index contributed by atoms with van der Waals surface area (Å²) in [6.07, 6.45) is -0.814. The molecular formula is C10H8BrNO3. The summed E-state index contributed by atoms with van der Waals surface area (Å²) in [4.78, 5) is 22.3. The third-order valence-electron chi connectivity index (χ3n) is 2.08. The molecule has 1 aromatic carbocycles. The quantitative estimate of drug-likeness (QED) is 0.794. The number of benzene rings is 1. The van der Waals surface area contributed by atoms with Crippen molar-refractivity contribution in [2.45, 2.75) is 13.0 Å². The van der Waals surface area contributed by atoms with Crippen LogP contribution in [0.15, 0.2) is 22.7 Å². The normalized spacial score (nSPS) is 18.3. The topological polar surface area (TPSA) is 55.4 Å². The highest BCUT2D eigenvalue weighted by Crippen LogP contribution is 2.35. The molecule has 0 radical (unpaired) electrons. The smallest absolute Gasteiger partial charge is 0.303 e. The molecule has 78 valence electrons. The molecular weight excluding hydrogens is 262 g/mol. The van der Waals surface area contributed by atoms with Crippen LogP contribution in [0.1, 0.15) is 18.6 Å². The predicted octanol–water partition coefficient (Wildman–Crippen LogP) is 2.01. The Morgan fingerprint density at radius 2 is 2.27 bits per heavy atom. The Morgan fingerprint density at radius 1 is 1.53 bits per heavy atom. The number of nitrogens with one attached hydrogen (secondary N) is 1. The van der Waals surface area contributed by atoms with Gasteiger partial charge in [0.25, 0.3) is 5.91 Å². The lowest BCUT2D eigenvalue weighted by molar-refractivity contribution is -0.151. The van der Waals surface area contributed by atoms with Gasteiger partial charge in [0, 0.05) is 22.6 Å². The molecule has 0 spiro atoms. The molecule has 4 nitrogen and oxygen atoms in total. The van der Waals surface area contributed by atoms with Gasteiger partial charge in [-0.25, -0.2) is 0 Å². The molecule has 1 aliphatic heterocycles. The van der Waals surface area contributed by atoms with Gasteiger partial charge in [-0.2, -0.15) is 0 Å². The van der Waals surface area contributed by atoms with E-state index in [0.29, 0.717) is 11.3 Å². The number of esters is 1. The summed E-state index contributed by atoms with van der Waals surface area (Å²) in [6.45, 7) is 1.28. The van der Waals surface area contributed by atoms with Gasteiger partial charge in [-0.05, 0) is 12.1 Å². The van der Waals surface area contributed by atoms with Crippen molar-refractivity contribution in [1.82, 2.24) is 0 Å². The van der Waals surface area contributed by atoms with E-state index in [1.54, 1.807) is 18.2 Å². The first-order valence-electron chi connectivity index (χ1n) is 4.35. The SMILES string of the molecule is CC(=O)O[C@@H]1C(=O)Nc2cc(Br)ccc21. The number of hydrogen-bond donors (Lipinski definition) is 1. The van der Waals surface area contributed by atoms with Gasteiger partial charge in [0.05, 0.1) is 0 Å². The van der Waals surface area contributed by atoms with Crippen LogP contribution in [0.25, 0.3) is 0 Å². The minimum atomic E-state index is -0.814. The van der Waals surface area contributed by atoms with Gasteiger partial charge in [-0.3, -0.25) is 9.59 Å². The molecule has 15 heavy (non-hydrogen) atoms. The second-order valence-corrected chi connectivity index (χ2v) is 4.13. The maximum Gasteiger partial charge on any atom is 0.303 e. The maximum atomic E-state index is 11.5. The van der Waals surface area contributed by atoms with Crippen molar-refractivity contribution in [2.24, 2.45) is 0 Å². The average molecular weight is 270 g/mol. The standard InChI is InChI=1S/C10H8BrNO3/c1-5(13)15-9-7-3-2-6(11)4-8(7)12-10(9)14/h2-4,9H,1H3,(H,12,14)/t9-/m0/s1. The summed E-state index contributed by atoms with van der Waals surface area (Å²) in [5, 5.41) is 2.65. The summed E-state index contributed by atoms with van der Waals surface area (Å²) >= 11 is 3.30. The number of ether oxygens (including phenoxy) is 1. The van der Waals surface area contributed by atoms with Crippen LogP contribution in [-0.4, -0.2) is 11.9 Å². The highest BCUT2D eigenvalue weighted by Gasteiger charge is 2.32. The minimum absolute atomic E-state index is 0.307. The number of fused-ring (bicyclic) bond motifs is 1. The van der Waals surface area contributed by atoms with Crippen LogP contribution in [0, 0.1) is 0 Å². The lowest BCUT2D eigenvalue weighted by Crippen LogP contribution is -2.17. The molecule has 0 unspecified atom stereocenters. The number of amides is 1. The highest BCUT2D eigenvalue weighted by atomic mass is 79.9. The van der Waals surface area contributed by atoms with Gasteiger partial charge in [0.1, 0.15) is 0 Å². The Kier molecular flexibility index (Phi) is 2.48. The van der Waals surface area contributed by atoms with E-state index in [2.05, 4.69) is 21.2 Å². The van der Waals surface area contributed by atoms with Crippen LogP contribution in [0.3, 0.4) is 0 Å². The summed E-state index contributed by atoms with van der Waals surface area (Å²) in [5.41, 5.74) is 1.37. The molecule has 0 aromatic heterocycles. The number of halogens is 1. The fourth-order valence-corrected chi connectivity index (χ4v) is 1.85. The van der Waals surface area contributed by atoms with Crippen LogP contribution in [-0.2, 0) is 14.3 Å². The number of carbonyl (C=O) groups is 2. The van der Waals surface area contributed by atoms with E-state index < -0.39 is 12.1 Å². The lowest BCUT2D eigenvalue weighted by atomic mass is 10.1. The van der Waals surface area contributed by atoms with E-state index in [0.717, 1.165) is 4.47 Å². The van der Waals surface area contributed by atoms with Crippen molar-refractivity contribution >= 4 is 33.5 Å². The summed E-state index contributed by atoms with van der Waals surface area (Å²) < 4.78 is 5.79. The van der Waals surface area contributed by atoms with Gasteiger partial charge in [0.15, 0.2) is 0 Å². The molecule has 2 rings (SSSR count). The third kappa shape index (κ3) is 1.87. The van der Waals surface area contributed by atoms with E-state index in [4.69, 9.17) is 4.74 Å². The number of hydrogen-bond acceptors (Lipinski definition) is 3. The van der Waals surface area contributed by atoms with Crippen molar-refractivity contribution in [3.05, 3.63) is 28.2 Å². The molecule has 1 heterocycles. The molecule has 0 saturated heterocycles. The zero-order chi connectivity index (χ0) is 11.0. The van der Waals surface area contributed by atoms with Crippen LogP contribution in [0.2, 0.25) is 0 Å². The molecule has 1 amide bonds. The Hall–Kier alpha value is -1.36. The zero-order valence-corrected chi connectivity index (χ0v) is 9.50. The van der Waals surface area contributed by atoms with Crippen molar-refractivity contribution in [3.63, 3.8) is 0 Å². The van der Waals surface area contributed by atoms with Crippen LogP contribution < -0.4 is 5.32 Å². The molecule has 5 heteroatoms. The second-order valence-electron chi connectivity index (χ2n) is 3.21. The van der Waals surface area contributed by atoms with Crippen molar-refractivity contribution in [2.75, 3.05) is 5.32 Å². The van der Waals surface area contributed by atoms with E-state index in [9.17, 15) is 9.59 Å². The fourth-order valence-electron chi connectivity index (χ4n) is 1.49. The van der Waals surface area contributed by atoms with Crippen LogP contribution >= 0.6 is 15.9 Å². The van der Waals surface area contributed by atoms with E-state index >= 15 is 0 Å². The summed E-state index contributed by atoms with van der Waals surface area (Å²) in [5.74, 6) is -0.774. The first-order chi connectivity index (χ1) is 7.08. The number of carbonyl (C=O) groups excluding carboxylic acids is 2. The molecule has 1 atom stereocenters. The van der Waals surface area contributed by atoms with Gasteiger partial charge in [-0.1, -0.05) is 22.0 Å². The van der Waals surface area contributed by atoms with Gasteiger partial charge in [-0.15, -0.1) is 0 Å². The van der Waals surface area contributed by atoms with E-state index in [-0.39, 0.29) is 5.91 Å². The second kappa shape index (κ2) is 3.66. The summed E-state index contributed by atoms with van der Waals surface area (Å²) in [7, 11) is 0. The largest absolute Gasteiger partial charge is 0.447 e. The molecule has 0 bridgehead atoms. The predicted molar refractivity (Wildman–Crippen MR) is 57.3 cm³/mol. The van der Waals surface area contributed by atoms with Gasteiger partial charge < -0.3 is 10.1 Å².